The van der Waals surface area contributed by atoms with Crippen LogP contribution in [0, 0.1) is 11.8 Å². The molecule has 1 aliphatic carbocycles. The van der Waals surface area contributed by atoms with E-state index in [0.717, 1.165) is 25.7 Å². The molecule has 1 heterocycles. The summed E-state index contributed by atoms with van der Waals surface area (Å²) < 4.78 is 5.59. The van der Waals surface area contributed by atoms with E-state index < -0.39 is 5.97 Å². The lowest BCUT2D eigenvalue weighted by Gasteiger charge is -2.38. The first-order valence-electron chi connectivity index (χ1n) is 7.91. The van der Waals surface area contributed by atoms with Crippen molar-refractivity contribution in [1.82, 2.24) is 10.2 Å². The van der Waals surface area contributed by atoms with E-state index in [9.17, 15) is 14.7 Å². The molecule has 0 spiro atoms. The molecule has 2 N–H and O–H groups in total. The van der Waals surface area contributed by atoms with Crippen LogP contribution in [0.5, 0.6) is 0 Å². The second kappa shape index (κ2) is 7.11. The predicted octanol–water partition coefficient (Wildman–Crippen LogP) is 1.70. The molecule has 4 unspecified atom stereocenters. The van der Waals surface area contributed by atoms with Crippen molar-refractivity contribution < 1.29 is 19.4 Å². The van der Waals surface area contributed by atoms with Crippen molar-refractivity contribution in [2.45, 2.75) is 51.7 Å². The molecule has 0 radical (unpaired) electrons. The number of hydrogen-bond acceptors (Lipinski definition) is 3. The fourth-order valence-corrected chi connectivity index (χ4v) is 3.36. The monoisotopic (exact) mass is 298 g/mol. The van der Waals surface area contributed by atoms with Gasteiger partial charge >= 0.3 is 12.0 Å². The van der Waals surface area contributed by atoms with Crippen LogP contribution in [0.1, 0.15) is 39.5 Å². The van der Waals surface area contributed by atoms with Gasteiger partial charge in [0.25, 0.3) is 0 Å². The van der Waals surface area contributed by atoms with Crippen LogP contribution in [0.3, 0.4) is 0 Å². The third-order valence-corrected chi connectivity index (χ3v) is 4.69. The van der Waals surface area contributed by atoms with Crippen LogP contribution < -0.4 is 5.32 Å². The lowest BCUT2D eigenvalue weighted by Crippen LogP contribution is -2.55. The Kier molecular flexibility index (Phi) is 5.45. The van der Waals surface area contributed by atoms with Gasteiger partial charge in [-0.05, 0) is 32.1 Å². The molecule has 1 saturated heterocycles. The Morgan fingerprint density at radius 3 is 2.81 bits per heavy atom. The molecule has 6 heteroatoms. The SMILES string of the molecule is CCC1COC(C)CN1C(=O)NCC1CCCC1C(=O)O. The predicted molar refractivity (Wildman–Crippen MR) is 78.1 cm³/mol. The van der Waals surface area contributed by atoms with Crippen LogP contribution in [-0.2, 0) is 9.53 Å². The van der Waals surface area contributed by atoms with Crippen LogP contribution in [0.4, 0.5) is 4.79 Å². The number of rotatable bonds is 4. The fraction of sp³-hybridized carbons (Fsp3) is 0.867. The first kappa shape index (κ1) is 16.1. The van der Waals surface area contributed by atoms with E-state index >= 15 is 0 Å². The zero-order valence-corrected chi connectivity index (χ0v) is 12.9. The summed E-state index contributed by atoms with van der Waals surface area (Å²) >= 11 is 0. The van der Waals surface area contributed by atoms with Crippen molar-refractivity contribution in [3.8, 4) is 0 Å². The molecule has 2 rings (SSSR count). The minimum Gasteiger partial charge on any atom is -0.481 e. The Bertz CT molecular complexity index is 388. The van der Waals surface area contributed by atoms with E-state index in [2.05, 4.69) is 5.32 Å². The smallest absolute Gasteiger partial charge is 0.317 e. The molecular formula is C15H26N2O4. The second-order valence-electron chi connectivity index (χ2n) is 6.18. The highest BCUT2D eigenvalue weighted by atomic mass is 16.5. The number of carbonyl (C=O) groups excluding carboxylic acids is 1. The maximum Gasteiger partial charge on any atom is 0.317 e. The number of ether oxygens (including phenoxy) is 1. The zero-order chi connectivity index (χ0) is 15.4. The van der Waals surface area contributed by atoms with Crippen molar-refractivity contribution in [2.24, 2.45) is 11.8 Å². The minimum absolute atomic E-state index is 0.0526. The lowest BCUT2D eigenvalue weighted by molar-refractivity contribution is -0.142. The van der Waals surface area contributed by atoms with Crippen molar-refractivity contribution in [3.63, 3.8) is 0 Å². The number of carboxylic acids is 1. The summed E-state index contributed by atoms with van der Waals surface area (Å²) in [5.41, 5.74) is 0. The van der Waals surface area contributed by atoms with Crippen molar-refractivity contribution in [2.75, 3.05) is 19.7 Å². The average molecular weight is 298 g/mol. The van der Waals surface area contributed by atoms with Crippen LogP contribution in [0.15, 0.2) is 0 Å². The van der Waals surface area contributed by atoms with Gasteiger partial charge in [-0.25, -0.2) is 4.79 Å². The van der Waals surface area contributed by atoms with Gasteiger partial charge in [0.15, 0.2) is 0 Å². The molecule has 2 aliphatic rings. The molecule has 120 valence electrons. The van der Waals surface area contributed by atoms with Crippen LogP contribution >= 0.6 is 0 Å². The van der Waals surface area contributed by atoms with Gasteiger partial charge in [-0.15, -0.1) is 0 Å². The highest BCUT2D eigenvalue weighted by Crippen LogP contribution is 2.31. The maximum atomic E-state index is 12.4. The molecule has 4 atom stereocenters. The molecule has 0 bridgehead atoms. The molecule has 0 aromatic carbocycles. The van der Waals surface area contributed by atoms with E-state index in [1.807, 2.05) is 18.7 Å². The fourth-order valence-electron chi connectivity index (χ4n) is 3.36. The maximum absolute atomic E-state index is 12.4. The Morgan fingerprint density at radius 2 is 2.14 bits per heavy atom. The van der Waals surface area contributed by atoms with E-state index in [1.54, 1.807) is 0 Å². The third-order valence-electron chi connectivity index (χ3n) is 4.69. The number of amides is 2. The number of carboxylic acid groups (broad SMARTS) is 1. The van der Waals surface area contributed by atoms with Gasteiger partial charge in [-0.2, -0.15) is 0 Å². The standard InChI is InChI=1S/C15H26N2O4/c1-3-12-9-21-10(2)8-17(12)15(20)16-7-11-5-4-6-13(11)14(18)19/h10-13H,3-9H2,1-2H3,(H,16,20)(H,18,19). The summed E-state index contributed by atoms with van der Waals surface area (Å²) in [6.45, 7) is 5.63. The van der Waals surface area contributed by atoms with Crippen LogP contribution in [0.25, 0.3) is 0 Å². The third kappa shape index (κ3) is 3.87. The summed E-state index contributed by atoms with van der Waals surface area (Å²) in [7, 11) is 0. The minimum atomic E-state index is -0.738. The number of hydrogen-bond donors (Lipinski definition) is 2. The van der Waals surface area contributed by atoms with Gasteiger partial charge < -0.3 is 20.1 Å². The van der Waals surface area contributed by atoms with Gasteiger partial charge in [0, 0.05) is 13.1 Å². The van der Waals surface area contributed by atoms with Crippen LogP contribution in [0.2, 0.25) is 0 Å². The molecular weight excluding hydrogens is 272 g/mol. The summed E-state index contributed by atoms with van der Waals surface area (Å²) in [6, 6.07) is 0.0214. The van der Waals surface area contributed by atoms with E-state index in [1.165, 1.54) is 0 Å². The van der Waals surface area contributed by atoms with Gasteiger partial charge in [-0.3, -0.25) is 4.79 Å². The number of nitrogens with zero attached hydrogens (tertiary/aromatic N) is 1. The van der Waals surface area contributed by atoms with Crippen molar-refractivity contribution in [1.29, 1.82) is 0 Å². The Morgan fingerprint density at radius 1 is 1.38 bits per heavy atom. The molecule has 2 amide bonds. The molecule has 21 heavy (non-hydrogen) atoms. The topological polar surface area (TPSA) is 78.9 Å². The summed E-state index contributed by atoms with van der Waals surface area (Å²) in [6.07, 6.45) is 3.46. The highest BCUT2D eigenvalue weighted by Gasteiger charge is 2.34. The van der Waals surface area contributed by atoms with Crippen molar-refractivity contribution >= 4 is 12.0 Å². The Balaban J connectivity index is 1.87. The summed E-state index contributed by atoms with van der Waals surface area (Å²) in [5, 5.41) is 12.1. The molecule has 2 fully saturated rings. The van der Waals surface area contributed by atoms with E-state index in [0.29, 0.717) is 19.7 Å². The summed E-state index contributed by atoms with van der Waals surface area (Å²) in [4.78, 5) is 25.4. The van der Waals surface area contributed by atoms with E-state index in [4.69, 9.17) is 4.74 Å². The number of morpholine rings is 1. The number of urea groups is 1. The number of aliphatic carboxylic acids is 1. The zero-order valence-electron chi connectivity index (χ0n) is 12.9. The Labute approximate surface area is 125 Å². The van der Waals surface area contributed by atoms with Gasteiger partial charge in [0.05, 0.1) is 24.7 Å². The highest BCUT2D eigenvalue weighted by molar-refractivity contribution is 5.75. The first-order valence-corrected chi connectivity index (χ1v) is 7.91. The number of carbonyl (C=O) groups is 2. The van der Waals surface area contributed by atoms with Crippen LogP contribution in [-0.4, -0.2) is 53.8 Å². The van der Waals surface area contributed by atoms with Crippen molar-refractivity contribution in [3.05, 3.63) is 0 Å². The molecule has 0 aromatic rings. The largest absolute Gasteiger partial charge is 0.481 e. The van der Waals surface area contributed by atoms with E-state index in [-0.39, 0.29) is 30.0 Å². The lowest BCUT2D eigenvalue weighted by atomic mass is 9.96. The normalized spacial score (nSPS) is 33.0. The second-order valence-corrected chi connectivity index (χ2v) is 6.18. The summed E-state index contributed by atoms with van der Waals surface area (Å²) in [5.74, 6) is -0.987. The Hall–Kier alpha value is -1.30. The van der Waals surface area contributed by atoms with Gasteiger partial charge in [0.1, 0.15) is 0 Å². The molecule has 1 aliphatic heterocycles. The van der Waals surface area contributed by atoms with Gasteiger partial charge in [0.2, 0.25) is 0 Å². The molecule has 6 nitrogen and oxygen atoms in total. The molecule has 0 aromatic heterocycles. The number of nitrogens with one attached hydrogen (secondary N) is 1. The average Bonchev–Trinajstić information content (AvgIpc) is 2.93. The quantitative estimate of drug-likeness (QED) is 0.828. The molecule has 1 saturated carbocycles. The first-order chi connectivity index (χ1) is 10.0. The van der Waals surface area contributed by atoms with Gasteiger partial charge in [-0.1, -0.05) is 13.3 Å².